The van der Waals surface area contributed by atoms with Gasteiger partial charge in [-0.05, 0) is 38.5 Å². The van der Waals surface area contributed by atoms with Crippen LogP contribution in [0.1, 0.15) is 90.4 Å². The van der Waals surface area contributed by atoms with E-state index in [-0.39, 0.29) is 36.0 Å². The van der Waals surface area contributed by atoms with Gasteiger partial charge < -0.3 is 9.90 Å². The first kappa shape index (κ1) is 22.5. The summed E-state index contributed by atoms with van der Waals surface area (Å²) in [7, 11) is 0. The van der Waals surface area contributed by atoms with Crippen molar-refractivity contribution in [1.29, 1.82) is 0 Å². The average molecular weight is 290 g/mol. The minimum absolute atomic E-state index is 0. The number of rotatable bonds is 14. The fourth-order valence-corrected chi connectivity index (χ4v) is 2.16. The zero-order chi connectivity index (χ0) is 14.2. The summed E-state index contributed by atoms with van der Waals surface area (Å²) in [5.74, 6) is -0.915. The smallest absolute Gasteiger partial charge is 0.550 e. The number of unbranched alkanes of at least 4 members (excludes halogenated alkanes) is 10. The quantitative estimate of drug-likeness (QED) is 0.275. The molecule has 0 aromatic carbocycles. The fraction of sp³-hybridized carbons (Fsp3) is 0.824. The molecule has 3 heteroatoms. The van der Waals surface area contributed by atoms with Gasteiger partial charge in [0.05, 0.1) is 0 Å². The zero-order valence-electron chi connectivity index (χ0n) is 13.7. The van der Waals surface area contributed by atoms with Gasteiger partial charge in [-0.15, -0.1) is 0 Å². The molecule has 0 aliphatic carbocycles. The van der Waals surface area contributed by atoms with E-state index in [9.17, 15) is 9.90 Å². The van der Waals surface area contributed by atoms with E-state index in [2.05, 4.69) is 19.1 Å². The van der Waals surface area contributed by atoms with Crippen LogP contribution in [0.5, 0.6) is 0 Å². The number of carbonyl (C=O) groups is 1. The first-order chi connectivity index (χ1) is 9.27. The van der Waals surface area contributed by atoms with E-state index in [1.54, 1.807) is 0 Å². The van der Waals surface area contributed by atoms with Crippen LogP contribution in [0.15, 0.2) is 12.2 Å². The molecule has 0 aromatic rings. The Morgan fingerprint density at radius 3 is 1.75 bits per heavy atom. The van der Waals surface area contributed by atoms with Crippen LogP contribution in [0.25, 0.3) is 0 Å². The molecule has 0 N–H and O–H groups in total. The molecule has 0 amide bonds. The molecular weight excluding hydrogens is 259 g/mol. The van der Waals surface area contributed by atoms with Crippen molar-refractivity contribution >= 4 is 5.97 Å². The summed E-state index contributed by atoms with van der Waals surface area (Å²) in [5.41, 5.74) is 0. The predicted molar refractivity (Wildman–Crippen MR) is 79.8 cm³/mol. The molecule has 0 saturated heterocycles. The number of hydrogen-bond acceptors (Lipinski definition) is 2. The Balaban J connectivity index is 0. The van der Waals surface area contributed by atoms with Crippen molar-refractivity contribution in [2.75, 3.05) is 0 Å². The zero-order valence-corrected chi connectivity index (χ0v) is 15.7. The molecule has 0 saturated carbocycles. The van der Waals surface area contributed by atoms with E-state index < -0.39 is 5.97 Å². The number of allylic oxidation sites excluding steroid dienone is 2. The second-order valence-corrected chi connectivity index (χ2v) is 5.35. The summed E-state index contributed by atoms with van der Waals surface area (Å²) in [4.78, 5) is 10.2. The molecule has 0 aromatic heterocycles. The van der Waals surface area contributed by atoms with Gasteiger partial charge in [-0.1, -0.05) is 64.0 Å². The van der Waals surface area contributed by atoms with Gasteiger partial charge in [0.15, 0.2) is 0 Å². The van der Waals surface area contributed by atoms with Crippen LogP contribution in [0.2, 0.25) is 0 Å². The Morgan fingerprint density at radius 2 is 1.25 bits per heavy atom. The molecular formula is C17H31NaO2. The number of aliphatic carboxylic acids is 1. The SMILES string of the molecule is CCCCCCC/C=C\CCCCCCCC(=O)[O-].[Na+]. The number of carbonyl (C=O) groups excluding carboxylic acids is 1. The van der Waals surface area contributed by atoms with Gasteiger partial charge in [0, 0.05) is 5.97 Å². The summed E-state index contributed by atoms with van der Waals surface area (Å²) < 4.78 is 0. The first-order valence-corrected chi connectivity index (χ1v) is 8.12. The standard InChI is InChI=1S/C17H32O2.Na/c1-2-3-4-5-6-7-8-9-10-11-12-13-14-15-16-17(18)19;/h8-9H,2-7,10-16H2,1H3,(H,18,19);/q;+1/p-1/b9-8-;. The van der Waals surface area contributed by atoms with E-state index >= 15 is 0 Å². The van der Waals surface area contributed by atoms with Crippen LogP contribution in [0, 0.1) is 0 Å². The van der Waals surface area contributed by atoms with E-state index in [4.69, 9.17) is 0 Å². The van der Waals surface area contributed by atoms with Crippen LogP contribution >= 0.6 is 0 Å². The van der Waals surface area contributed by atoms with Crippen molar-refractivity contribution in [3.8, 4) is 0 Å². The molecule has 20 heavy (non-hydrogen) atoms. The maximum Gasteiger partial charge on any atom is 1.00 e. The molecule has 0 rings (SSSR count). The maximum absolute atomic E-state index is 10.2. The number of carboxylic acid groups (broad SMARTS) is 1. The van der Waals surface area contributed by atoms with Crippen LogP contribution in [0.3, 0.4) is 0 Å². The van der Waals surface area contributed by atoms with Crippen molar-refractivity contribution in [3.63, 3.8) is 0 Å². The van der Waals surface area contributed by atoms with Gasteiger partial charge in [0.1, 0.15) is 0 Å². The summed E-state index contributed by atoms with van der Waals surface area (Å²) in [5, 5.41) is 10.2. The molecule has 112 valence electrons. The molecule has 0 aliphatic heterocycles. The second kappa shape index (κ2) is 19.2. The molecule has 0 spiro atoms. The summed E-state index contributed by atoms with van der Waals surface area (Å²) in [6.07, 6.45) is 19.4. The van der Waals surface area contributed by atoms with Crippen LogP contribution < -0.4 is 34.7 Å². The van der Waals surface area contributed by atoms with Crippen LogP contribution in [-0.4, -0.2) is 5.97 Å². The molecule has 2 nitrogen and oxygen atoms in total. The molecule has 0 atom stereocenters. The van der Waals surface area contributed by atoms with Gasteiger partial charge in [0.25, 0.3) is 0 Å². The average Bonchev–Trinajstić information content (AvgIpc) is 2.39. The van der Waals surface area contributed by atoms with E-state index in [1.165, 1.54) is 57.8 Å². The Bertz CT molecular complexity index is 227. The Hall–Kier alpha value is 0.210. The number of hydrogen-bond donors (Lipinski definition) is 0. The summed E-state index contributed by atoms with van der Waals surface area (Å²) >= 11 is 0. The Kier molecular flexibility index (Phi) is 21.6. The Labute approximate surface area is 147 Å². The predicted octanol–water partition coefficient (Wildman–Crippen LogP) is 1.39. The molecule has 0 heterocycles. The molecule has 0 fully saturated rings. The van der Waals surface area contributed by atoms with Crippen molar-refractivity contribution in [3.05, 3.63) is 12.2 Å². The molecule has 0 aliphatic rings. The summed E-state index contributed by atoms with van der Waals surface area (Å²) in [6, 6.07) is 0. The van der Waals surface area contributed by atoms with E-state index in [0.29, 0.717) is 0 Å². The van der Waals surface area contributed by atoms with Gasteiger partial charge >= 0.3 is 29.6 Å². The molecule has 0 bridgehead atoms. The largest absolute Gasteiger partial charge is 1.00 e. The minimum atomic E-state index is -0.915. The third-order valence-electron chi connectivity index (χ3n) is 3.39. The second-order valence-electron chi connectivity index (χ2n) is 5.35. The van der Waals surface area contributed by atoms with Crippen molar-refractivity contribution < 1.29 is 39.5 Å². The maximum atomic E-state index is 10.2. The topological polar surface area (TPSA) is 40.1 Å². The van der Waals surface area contributed by atoms with Gasteiger partial charge in [-0.25, -0.2) is 0 Å². The van der Waals surface area contributed by atoms with E-state index in [1.807, 2.05) is 0 Å². The monoisotopic (exact) mass is 290 g/mol. The van der Waals surface area contributed by atoms with Gasteiger partial charge in [-0.3, -0.25) is 0 Å². The minimum Gasteiger partial charge on any atom is -0.550 e. The van der Waals surface area contributed by atoms with Gasteiger partial charge in [-0.2, -0.15) is 0 Å². The van der Waals surface area contributed by atoms with Crippen molar-refractivity contribution in [1.82, 2.24) is 0 Å². The fourth-order valence-electron chi connectivity index (χ4n) is 2.16. The third-order valence-corrected chi connectivity index (χ3v) is 3.39. The Morgan fingerprint density at radius 1 is 0.800 bits per heavy atom. The third kappa shape index (κ3) is 20.5. The van der Waals surface area contributed by atoms with Gasteiger partial charge in [0.2, 0.25) is 0 Å². The van der Waals surface area contributed by atoms with Crippen molar-refractivity contribution in [2.45, 2.75) is 90.4 Å². The normalized spacial score (nSPS) is 10.7. The van der Waals surface area contributed by atoms with E-state index in [0.717, 1.165) is 19.3 Å². The van der Waals surface area contributed by atoms with Crippen molar-refractivity contribution in [2.24, 2.45) is 0 Å². The number of carboxylic acids is 1. The van der Waals surface area contributed by atoms with Crippen LogP contribution in [-0.2, 0) is 4.79 Å². The molecule has 0 unspecified atom stereocenters. The first-order valence-electron chi connectivity index (χ1n) is 8.12. The van der Waals surface area contributed by atoms with Crippen LogP contribution in [0.4, 0.5) is 0 Å². The molecule has 0 radical (unpaired) electrons. The summed E-state index contributed by atoms with van der Waals surface area (Å²) in [6.45, 7) is 2.25.